The monoisotopic (exact) mass is 439 g/mol. The molecule has 4 nitrogen and oxygen atoms in total. The van der Waals surface area contributed by atoms with Crippen molar-refractivity contribution in [2.45, 2.75) is 24.4 Å². The summed E-state index contributed by atoms with van der Waals surface area (Å²) in [6.45, 7) is 1.23. The summed E-state index contributed by atoms with van der Waals surface area (Å²) >= 11 is 12.3. The average Bonchev–Trinajstić information content (AvgIpc) is 3.10. The summed E-state index contributed by atoms with van der Waals surface area (Å²) in [5, 5.41) is 11.5. The van der Waals surface area contributed by atoms with E-state index in [1.54, 1.807) is 24.3 Å². The maximum atomic E-state index is 14.0. The number of ether oxygens (including phenoxy) is 1. The zero-order valence-electron chi connectivity index (χ0n) is 15.7. The van der Waals surface area contributed by atoms with E-state index in [9.17, 15) is 8.78 Å². The first-order valence-corrected chi connectivity index (χ1v) is 10.3. The van der Waals surface area contributed by atoms with E-state index < -0.39 is 12.8 Å². The second kappa shape index (κ2) is 8.56. The highest BCUT2D eigenvalue weighted by Crippen LogP contribution is 2.37. The number of nitrogens with one attached hydrogen (secondary N) is 2. The van der Waals surface area contributed by atoms with Crippen LogP contribution in [0.4, 0.5) is 8.78 Å². The fourth-order valence-corrected chi connectivity index (χ4v) is 4.46. The minimum absolute atomic E-state index is 0.280. The van der Waals surface area contributed by atoms with Gasteiger partial charge in [-0.1, -0.05) is 35.3 Å². The van der Waals surface area contributed by atoms with Crippen LogP contribution >= 0.6 is 23.2 Å². The minimum atomic E-state index is -0.820. The molecule has 1 fully saturated rings. The zero-order chi connectivity index (χ0) is 20.4. The molecule has 2 heterocycles. The van der Waals surface area contributed by atoms with Gasteiger partial charge in [-0.2, -0.15) is 5.10 Å². The lowest BCUT2D eigenvalue weighted by molar-refractivity contribution is -0.00450. The van der Waals surface area contributed by atoms with Crippen molar-refractivity contribution >= 4 is 34.1 Å². The Kier molecular flexibility index (Phi) is 6.06. The predicted octanol–water partition coefficient (Wildman–Crippen LogP) is 5.36. The Morgan fingerprint density at radius 1 is 1.14 bits per heavy atom. The molecule has 1 atom stereocenters. The Bertz CT molecular complexity index is 988. The predicted molar refractivity (Wildman–Crippen MR) is 111 cm³/mol. The number of hydrogen-bond acceptors (Lipinski definition) is 3. The second-order valence-corrected chi connectivity index (χ2v) is 8.22. The van der Waals surface area contributed by atoms with Crippen LogP contribution in [0.2, 0.25) is 10.2 Å². The molecule has 4 rings (SSSR count). The number of hydrogen-bond donors (Lipinski definition) is 2. The third kappa shape index (κ3) is 4.12. The average molecular weight is 440 g/mol. The van der Waals surface area contributed by atoms with Gasteiger partial charge in [0.1, 0.15) is 18.6 Å². The van der Waals surface area contributed by atoms with Crippen molar-refractivity contribution in [3.05, 3.63) is 63.5 Å². The Morgan fingerprint density at radius 2 is 1.86 bits per heavy atom. The van der Waals surface area contributed by atoms with Crippen molar-refractivity contribution in [1.29, 1.82) is 0 Å². The topological polar surface area (TPSA) is 49.9 Å². The summed E-state index contributed by atoms with van der Waals surface area (Å²) in [4.78, 5) is 0. The quantitative estimate of drug-likeness (QED) is 0.543. The molecule has 29 heavy (non-hydrogen) atoms. The van der Waals surface area contributed by atoms with E-state index in [2.05, 4.69) is 15.5 Å². The molecule has 1 unspecified atom stereocenters. The zero-order valence-corrected chi connectivity index (χ0v) is 17.2. The van der Waals surface area contributed by atoms with Crippen LogP contribution in [0.1, 0.15) is 30.1 Å². The van der Waals surface area contributed by atoms with E-state index in [1.807, 2.05) is 0 Å². The first-order valence-electron chi connectivity index (χ1n) is 9.50. The van der Waals surface area contributed by atoms with Crippen molar-refractivity contribution in [3.63, 3.8) is 0 Å². The molecule has 0 bridgehead atoms. The van der Waals surface area contributed by atoms with E-state index in [-0.39, 0.29) is 16.4 Å². The molecule has 0 amide bonds. The van der Waals surface area contributed by atoms with Crippen molar-refractivity contribution in [2.75, 3.05) is 26.4 Å². The largest absolute Gasteiger partial charge is 0.370 e. The summed E-state index contributed by atoms with van der Waals surface area (Å²) < 4.78 is 33.6. The number of benzene rings is 2. The van der Waals surface area contributed by atoms with Crippen LogP contribution in [0, 0.1) is 5.82 Å². The summed E-state index contributed by atoms with van der Waals surface area (Å²) in [7, 11) is 0. The molecule has 0 aliphatic carbocycles. The van der Waals surface area contributed by atoms with Gasteiger partial charge < -0.3 is 10.1 Å². The summed E-state index contributed by atoms with van der Waals surface area (Å²) in [6, 6.07) is 9.86. The van der Waals surface area contributed by atoms with Gasteiger partial charge in [0.25, 0.3) is 0 Å². The summed E-state index contributed by atoms with van der Waals surface area (Å²) in [5.74, 6) is -0.280. The third-order valence-electron chi connectivity index (χ3n) is 5.69. The molecule has 1 aliphatic rings. The van der Waals surface area contributed by atoms with Gasteiger partial charge in [-0.25, -0.2) is 8.78 Å². The number of piperidine rings is 1. The molecule has 154 valence electrons. The van der Waals surface area contributed by atoms with Crippen LogP contribution in [0.15, 0.2) is 36.4 Å². The highest BCUT2D eigenvalue weighted by atomic mass is 35.5. The number of alkyl halides is 1. The minimum Gasteiger partial charge on any atom is -0.370 e. The first kappa shape index (κ1) is 20.5. The number of rotatable bonds is 6. The van der Waals surface area contributed by atoms with Crippen LogP contribution < -0.4 is 5.32 Å². The lowest BCUT2D eigenvalue weighted by Crippen LogP contribution is -2.43. The number of aromatic nitrogens is 2. The number of H-pyrrole nitrogens is 1. The molecule has 0 spiro atoms. The number of nitrogens with zero attached hydrogens (tertiary/aromatic N) is 1. The van der Waals surface area contributed by atoms with Crippen LogP contribution in [0.3, 0.4) is 0 Å². The molecule has 1 saturated heterocycles. The van der Waals surface area contributed by atoms with Gasteiger partial charge in [0.2, 0.25) is 0 Å². The van der Waals surface area contributed by atoms with Gasteiger partial charge in [-0.3, -0.25) is 5.10 Å². The Morgan fingerprint density at radius 3 is 2.55 bits per heavy atom. The molecule has 2 aromatic carbocycles. The highest BCUT2D eigenvalue weighted by Gasteiger charge is 2.35. The Hall–Kier alpha value is -1.73. The molecule has 0 saturated carbocycles. The highest BCUT2D eigenvalue weighted by molar-refractivity contribution is 6.36. The molecule has 1 aromatic heterocycles. The van der Waals surface area contributed by atoms with Gasteiger partial charge in [-0.15, -0.1) is 0 Å². The molecular weight excluding hydrogens is 419 g/mol. The van der Waals surface area contributed by atoms with Crippen molar-refractivity contribution in [3.8, 4) is 0 Å². The van der Waals surface area contributed by atoms with Crippen molar-refractivity contribution in [2.24, 2.45) is 0 Å². The third-order valence-corrected chi connectivity index (χ3v) is 6.19. The van der Waals surface area contributed by atoms with E-state index in [0.29, 0.717) is 28.1 Å². The SMILES string of the molecule is FCC(OCC1(c2ccc(F)cc2)CCNCC1)c1cc(Cl)cc2c(Cl)n[nH]c12. The van der Waals surface area contributed by atoms with Crippen molar-refractivity contribution in [1.82, 2.24) is 15.5 Å². The molecule has 2 N–H and O–H groups in total. The summed E-state index contributed by atoms with van der Waals surface area (Å²) in [5.41, 5.74) is 1.88. The maximum Gasteiger partial charge on any atom is 0.158 e. The maximum absolute atomic E-state index is 14.0. The van der Waals surface area contributed by atoms with E-state index in [0.717, 1.165) is 31.5 Å². The van der Waals surface area contributed by atoms with Gasteiger partial charge in [-0.05, 0) is 55.8 Å². The van der Waals surface area contributed by atoms with Gasteiger partial charge >= 0.3 is 0 Å². The first-order chi connectivity index (χ1) is 14.0. The normalized spacial score (nSPS) is 17.5. The lowest BCUT2D eigenvalue weighted by Gasteiger charge is -2.39. The van der Waals surface area contributed by atoms with Gasteiger partial charge in [0.05, 0.1) is 12.1 Å². The van der Waals surface area contributed by atoms with E-state index in [4.69, 9.17) is 27.9 Å². The molecule has 0 radical (unpaired) electrons. The Labute approximate surface area is 177 Å². The molecule has 8 heteroatoms. The fourth-order valence-electron chi connectivity index (χ4n) is 4.04. The molecule has 1 aliphatic heterocycles. The van der Waals surface area contributed by atoms with Crippen LogP contribution in [-0.2, 0) is 10.2 Å². The van der Waals surface area contributed by atoms with Crippen LogP contribution in [0.25, 0.3) is 10.9 Å². The Balaban J connectivity index is 1.63. The molecular formula is C21H21Cl2F2N3O. The van der Waals surface area contributed by atoms with Crippen molar-refractivity contribution < 1.29 is 13.5 Å². The number of halogens is 4. The van der Waals surface area contributed by atoms with E-state index >= 15 is 0 Å². The van der Waals surface area contributed by atoms with Crippen LogP contribution in [-0.4, -0.2) is 36.6 Å². The standard InChI is InChI=1S/C21H21Cl2F2N3O/c22-14-9-16(19-17(10-14)20(23)28-27-19)18(11-24)29-12-21(5-7-26-8-6-21)13-1-3-15(25)4-2-13/h1-4,9-10,18,26H,5-8,11-12H2,(H,27,28). The number of fused-ring (bicyclic) bond motifs is 1. The lowest BCUT2D eigenvalue weighted by atomic mass is 9.74. The van der Waals surface area contributed by atoms with E-state index in [1.165, 1.54) is 12.1 Å². The smallest absolute Gasteiger partial charge is 0.158 e. The fraction of sp³-hybridized carbons (Fsp3) is 0.381. The molecule has 3 aromatic rings. The number of aromatic amines is 1. The van der Waals surface area contributed by atoms with Gasteiger partial charge in [0, 0.05) is 21.4 Å². The second-order valence-electron chi connectivity index (χ2n) is 7.42. The van der Waals surface area contributed by atoms with Gasteiger partial charge in [0.15, 0.2) is 5.15 Å². The summed E-state index contributed by atoms with van der Waals surface area (Å²) in [6.07, 6.45) is 0.816. The van der Waals surface area contributed by atoms with Crippen LogP contribution in [0.5, 0.6) is 0 Å².